The average Bonchev–Trinajstić information content (AvgIpc) is 2.79. The van der Waals surface area contributed by atoms with Gasteiger partial charge in [0.25, 0.3) is 5.91 Å². The minimum Gasteiger partial charge on any atom is -0.368 e. The van der Waals surface area contributed by atoms with Crippen LogP contribution >= 0.6 is 0 Å². The second-order valence-corrected chi connectivity index (χ2v) is 4.21. The summed E-state index contributed by atoms with van der Waals surface area (Å²) in [5.41, 5.74) is 10.9. The molecule has 0 spiro atoms. The molecule has 0 bridgehead atoms. The molecule has 0 unspecified atom stereocenters. The number of aromatic amines is 1. The summed E-state index contributed by atoms with van der Waals surface area (Å²) in [6.45, 7) is -0.800. The van der Waals surface area contributed by atoms with Crippen LogP contribution in [-0.4, -0.2) is 45.9 Å². The number of hydrogen-bond donors (Lipinski definition) is 3. The van der Waals surface area contributed by atoms with Gasteiger partial charge in [-0.3, -0.25) is 19.5 Å². The number of fused-ring (bicyclic) bond motifs is 1. The number of aromatic nitrogens is 2. The molecule has 20 heavy (non-hydrogen) atoms. The molecule has 0 saturated heterocycles. The van der Waals surface area contributed by atoms with Crippen molar-refractivity contribution in [2.75, 3.05) is 13.1 Å². The number of carbonyl (C=O) groups excluding carboxylic acids is 3. The first-order valence-corrected chi connectivity index (χ1v) is 5.78. The van der Waals surface area contributed by atoms with E-state index in [4.69, 9.17) is 11.5 Å². The number of carbonyl (C=O) groups is 3. The number of para-hydroxylation sites is 1. The summed E-state index contributed by atoms with van der Waals surface area (Å²) in [4.78, 5) is 35.2. The molecular formula is C12H13N5O3. The van der Waals surface area contributed by atoms with Crippen LogP contribution < -0.4 is 11.5 Å². The maximum absolute atomic E-state index is 12.3. The highest BCUT2D eigenvalue weighted by molar-refractivity contribution is 6.06. The second-order valence-electron chi connectivity index (χ2n) is 4.21. The Morgan fingerprint density at radius 3 is 2.30 bits per heavy atom. The van der Waals surface area contributed by atoms with E-state index in [9.17, 15) is 14.4 Å². The van der Waals surface area contributed by atoms with Crippen LogP contribution in [0.3, 0.4) is 0 Å². The van der Waals surface area contributed by atoms with Crippen LogP contribution in [0.2, 0.25) is 0 Å². The lowest BCUT2D eigenvalue weighted by Gasteiger charge is -2.18. The number of hydrogen-bond acceptors (Lipinski definition) is 4. The Labute approximate surface area is 113 Å². The Morgan fingerprint density at radius 1 is 1.10 bits per heavy atom. The first-order chi connectivity index (χ1) is 9.49. The molecule has 0 aliphatic rings. The number of amides is 3. The molecule has 0 atom stereocenters. The number of nitrogens with zero attached hydrogens (tertiary/aromatic N) is 2. The molecule has 8 nitrogen and oxygen atoms in total. The van der Waals surface area contributed by atoms with Gasteiger partial charge < -0.3 is 16.4 Å². The van der Waals surface area contributed by atoms with Crippen molar-refractivity contribution < 1.29 is 14.4 Å². The maximum atomic E-state index is 12.3. The molecule has 104 valence electrons. The fourth-order valence-electron chi connectivity index (χ4n) is 1.85. The van der Waals surface area contributed by atoms with Crippen molar-refractivity contribution in [3.05, 3.63) is 30.0 Å². The number of nitrogens with one attached hydrogen (secondary N) is 1. The van der Waals surface area contributed by atoms with Crippen LogP contribution in [0.5, 0.6) is 0 Å². The van der Waals surface area contributed by atoms with E-state index >= 15 is 0 Å². The molecule has 1 heterocycles. The van der Waals surface area contributed by atoms with Gasteiger partial charge in [0.15, 0.2) is 5.69 Å². The Balaban J connectivity index is 2.35. The highest BCUT2D eigenvalue weighted by atomic mass is 16.2. The zero-order chi connectivity index (χ0) is 14.7. The third-order valence-corrected chi connectivity index (χ3v) is 2.65. The molecule has 1 aromatic carbocycles. The van der Waals surface area contributed by atoms with E-state index in [1.807, 2.05) is 0 Å². The molecule has 0 aliphatic heterocycles. The van der Waals surface area contributed by atoms with Crippen molar-refractivity contribution in [1.29, 1.82) is 0 Å². The summed E-state index contributed by atoms with van der Waals surface area (Å²) in [7, 11) is 0. The van der Waals surface area contributed by atoms with Crippen molar-refractivity contribution in [2.45, 2.75) is 0 Å². The molecule has 2 rings (SSSR count). The molecule has 0 aliphatic carbocycles. The van der Waals surface area contributed by atoms with Gasteiger partial charge in [-0.2, -0.15) is 5.10 Å². The topological polar surface area (TPSA) is 135 Å². The summed E-state index contributed by atoms with van der Waals surface area (Å²) < 4.78 is 0. The quantitative estimate of drug-likeness (QED) is 0.643. The Morgan fingerprint density at radius 2 is 1.70 bits per heavy atom. The van der Waals surface area contributed by atoms with E-state index in [1.54, 1.807) is 24.3 Å². The first kappa shape index (κ1) is 13.5. The highest BCUT2D eigenvalue weighted by Gasteiger charge is 2.23. The van der Waals surface area contributed by atoms with Gasteiger partial charge in [-0.15, -0.1) is 0 Å². The van der Waals surface area contributed by atoms with Gasteiger partial charge in [-0.1, -0.05) is 18.2 Å². The first-order valence-electron chi connectivity index (χ1n) is 5.78. The van der Waals surface area contributed by atoms with Crippen molar-refractivity contribution >= 4 is 28.6 Å². The van der Waals surface area contributed by atoms with E-state index in [0.29, 0.717) is 10.9 Å². The van der Waals surface area contributed by atoms with E-state index in [0.717, 1.165) is 4.90 Å². The predicted octanol–water partition coefficient (Wildman–Crippen LogP) is -1.02. The molecule has 8 heteroatoms. The normalized spacial score (nSPS) is 10.4. The minimum atomic E-state index is -0.737. The Bertz CT molecular complexity index is 663. The fraction of sp³-hybridized carbons (Fsp3) is 0.167. The summed E-state index contributed by atoms with van der Waals surface area (Å²) >= 11 is 0. The van der Waals surface area contributed by atoms with E-state index in [-0.39, 0.29) is 5.69 Å². The van der Waals surface area contributed by atoms with Gasteiger partial charge in [0.1, 0.15) is 13.1 Å². The molecular weight excluding hydrogens is 262 g/mol. The summed E-state index contributed by atoms with van der Waals surface area (Å²) in [6, 6.07) is 7.00. The lowest BCUT2D eigenvalue weighted by atomic mass is 10.2. The van der Waals surface area contributed by atoms with E-state index in [1.165, 1.54) is 0 Å². The van der Waals surface area contributed by atoms with Gasteiger partial charge in [0.2, 0.25) is 11.8 Å². The number of H-pyrrole nitrogens is 1. The predicted molar refractivity (Wildman–Crippen MR) is 70.4 cm³/mol. The molecule has 3 amide bonds. The molecule has 0 saturated carbocycles. The number of nitrogens with two attached hydrogens (primary N) is 2. The lowest BCUT2D eigenvalue weighted by molar-refractivity contribution is -0.121. The molecule has 2 aromatic rings. The smallest absolute Gasteiger partial charge is 0.275 e. The molecule has 5 N–H and O–H groups in total. The summed E-state index contributed by atoms with van der Waals surface area (Å²) in [5, 5.41) is 7.20. The van der Waals surface area contributed by atoms with Gasteiger partial charge in [0, 0.05) is 5.39 Å². The Kier molecular flexibility index (Phi) is 3.65. The molecule has 1 aromatic heterocycles. The average molecular weight is 275 g/mol. The van der Waals surface area contributed by atoms with Crippen LogP contribution in [0.25, 0.3) is 10.9 Å². The molecule has 0 fully saturated rings. The zero-order valence-electron chi connectivity index (χ0n) is 10.5. The van der Waals surface area contributed by atoms with Crippen molar-refractivity contribution in [1.82, 2.24) is 15.1 Å². The SMILES string of the molecule is NC(=O)CN(CC(N)=O)C(=O)c1n[nH]c2ccccc12. The van der Waals surface area contributed by atoms with Gasteiger partial charge >= 0.3 is 0 Å². The van der Waals surface area contributed by atoms with Crippen LogP contribution in [0.15, 0.2) is 24.3 Å². The third kappa shape index (κ3) is 2.74. The van der Waals surface area contributed by atoms with Crippen LogP contribution in [0.4, 0.5) is 0 Å². The monoisotopic (exact) mass is 275 g/mol. The van der Waals surface area contributed by atoms with E-state index in [2.05, 4.69) is 10.2 Å². The number of rotatable bonds is 5. The third-order valence-electron chi connectivity index (χ3n) is 2.65. The number of benzene rings is 1. The van der Waals surface area contributed by atoms with E-state index < -0.39 is 30.8 Å². The van der Waals surface area contributed by atoms with Crippen LogP contribution in [0, 0.1) is 0 Å². The zero-order valence-corrected chi connectivity index (χ0v) is 10.5. The summed E-state index contributed by atoms with van der Waals surface area (Å²) in [6.07, 6.45) is 0. The fourth-order valence-corrected chi connectivity index (χ4v) is 1.85. The standard InChI is InChI=1S/C12H13N5O3/c13-9(18)5-17(6-10(14)19)12(20)11-7-3-1-2-4-8(7)15-16-11/h1-4H,5-6H2,(H2,13,18)(H2,14,19)(H,15,16). The number of primary amides is 2. The maximum Gasteiger partial charge on any atom is 0.275 e. The van der Waals surface area contributed by atoms with Crippen molar-refractivity contribution in [2.24, 2.45) is 11.5 Å². The largest absolute Gasteiger partial charge is 0.368 e. The van der Waals surface area contributed by atoms with Gasteiger partial charge in [-0.05, 0) is 6.07 Å². The summed E-state index contributed by atoms with van der Waals surface area (Å²) in [5.74, 6) is -2.06. The second kappa shape index (κ2) is 5.39. The van der Waals surface area contributed by atoms with Crippen LogP contribution in [-0.2, 0) is 9.59 Å². The highest BCUT2D eigenvalue weighted by Crippen LogP contribution is 2.16. The lowest BCUT2D eigenvalue weighted by Crippen LogP contribution is -2.43. The van der Waals surface area contributed by atoms with Crippen molar-refractivity contribution in [3.63, 3.8) is 0 Å². The van der Waals surface area contributed by atoms with Gasteiger partial charge in [0.05, 0.1) is 5.52 Å². The van der Waals surface area contributed by atoms with Gasteiger partial charge in [-0.25, -0.2) is 0 Å². The van der Waals surface area contributed by atoms with Crippen molar-refractivity contribution in [3.8, 4) is 0 Å². The minimum absolute atomic E-state index is 0.114. The molecule has 0 radical (unpaired) electrons. The van der Waals surface area contributed by atoms with Crippen LogP contribution in [0.1, 0.15) is 10.5 Å². The Hall–Kier alpha value is -2.90.